The summed E-state index contributed by atoms with van der Waals surface area (Å²) < 4.78 is 5.49. The molecular weight excluding hydrogens is 240 g/mol. The zero-order valence-electron chi connectivity index (χ0n) is 8.59. The van der Waals surface area contributed by atoms with Crippen LogP contribution in [0.1, 0.15) is 0 Å². The first-order valence-electron chi connectivity index (χ1n) is 4.89. The number of anilines is 1. The number of hydrogen-bond donors (Lipinski definition) is 1. The number of hydrogen-bond acceptors (Lipinski definition) is 5. The summed E-state index contributed by atoms with van der Waals surface area (Å²) in [6.07, 6.45) is 0. The van der Waals surface area contributed by atoms with Gasteiger partial charge in [-0.15, -0.1) is 0 Å². The molecule has 84 valence electrons. The van der Waals surface area contributed by atoms with E-state index in [1.807, 2.05) is 30.3 Å². The summed E-state index contributed by atoms with van der Waals surface area (Å²) in [6, 6.07) is 9.47. The van der Waals surface area contributed by atoms with Crippen molar-refractivity contribution in [2.24, 2.45) is 0 Å². The van der Waals surface area contributed by atoms with Crippen LogP contribution in [0.25, 0.3) is 22.7 Å². The van der Waals surface area contributed by atoms with Gasteiger partial charge in [-0.05, 0) is 12.1 Å². The van der Waals surface area contributed by atoms with Gasteiger partial charge in [0.25, 0.3) is 5.71 Å². The van der Waals surface area contributed by atoms with Crippen molar-refractivity contribution in [3.05, 3.63) is 35.5 Å². The van der Waals surface area contributed by atoms with E-state index in [1.54, 1.807) is 0 Å². The van der Waals surface area contributed by atoms with Gasteiger partial charge in [0, 0.05) is 5.56 Å². The number of rotatable bonds is 1. The molecule has 1 aromatic carbocycles. The van der Waals surface area contributed by atoms with E-state index in [-0.39, 0.29) is 11.1 Å². The van der Waals surface area contributed by atoms with Crippen LogP contribution >= 0.6 is 11.6 Å². The van der Waals surface area contributed by atoms with Gasteiger partial charge in [0.15, 0.2) is 10.7 Å². The molecule has 0 bridgehead atoms. The molecule has 0 saturated heterocycles. The minimum Gasteiger partial charge on any atom is -0.417 e. The zero-order chi connectivity index (χ0) is 11.8. The molecule has 2 N–H and O–H groups in total. The van der Waals surface area contributed by atoms with Gasteiger partial charge in [0.2, 0.25) is 11.8 Å². The standard InChI is InChI=1S/C11H7ClN4O/c12-8-7-10(16-11(13)15-8)17-9(14-7)6-4-2-1-3-5-6/h1-5H,(H2,13,15,16). The molecule has 5 nitrogen and oxygen atoms in total. The number of benzene rings is 1. The van der Waals surface area contributed by atoms with Crippen LogP contribution in [0.2, 0.25) is 5.15 Å². The molecule has 2 aromatic heterocycles. The van der Waals surface area contributed by atoms with Crippen molar-refractivity contribution in [2.45, 2.75) is 0 Å². The van der Waals surface area contributed by atoms with Crippen molar-refractivity contribution in [3.63, 3.8) is 0 Å². The van der Waals surface area contributed by atoms with E-state index in [0.29, 0.717) is 17.1 Å². The Bertz CT molecular complexity index is 681. The summed E-state index contributed by atoms with van der Waals surface area (Å²) >= 11 is 5.91. The second-order valence-electron chi connectivity index (χ2n) is 3.41. The summed E-state index contributed by atoms with van der Waals surface area (Å²) in [6.45, 7) is 0. The number of oxazole rings is 1. The van der Waals surface area contributed by atoms with Gasteiger partial charge in [-0.2, -0.15) is 9.97 Å². The van der Waals surface area contributed by atoms with Crippen molar-refractivity contribution < 1.29 is 4.42 Å². The molecule has 6 heteroatoms. The molecule has 0 aliphatic rings. The smallest absolute Gasteiger partial charge is 0.253 e. The maximum absolute atomic E-state index is 5.91. The molecule has 0 saturated carbocycles. The number of nitrogens with two attached hydrogens (primary N) is 1. The van der Waals surface area contributed by atoms with Crippen molar-refractivity contribution in [1.82, 2.24) is 15.0 Å². The highest BCUT2D eigenvalue weighted by Gasteiger charge is 2.13. The van der Waals surface area contributed by atoms with E-state index in [9.17, 15) is 0 Å². The Morgan fingerprint density at radius 2 is 1.82 bits per heavy atom. The van der Waals surface area contributed by atoms with Gasteiger partial charge < -0.3 is 10.2 Å². The fraction of sp³-hybridized carbons (Fsp3) is 0. The molecule has 0 radical (unpaired) electrons. The lowest BCUT2D eigenvalue weighted by molar-refractivity contribution is 0.608. The Kier molecular flexibility index (Phi) is 2.19. The fourth-order valence-corrected chi connectivity index (χ4v) is 1.72. The molecule has 0 fully saturated rings. The minimum absolute atomic E-state index is 0.0678. The van der Waals surface area contributed by atoms with Crippen LogP contribution in [0.15, 0.2) is 34.7 Å². The molecule has 0 atom stereocenters. The van der Waals surface area contributed by atoms with Crippen molar-refractivity contribution in [1.29, 1.82) is 0 Å². The quantitative estimate of drug-likeness (QED) is 0.668. The topological polar surface area (TPSA) is 77.8 Å². The number of aromatic nitrogens is 3. The monoisotopic (exact) mass is 246 g/mol. The average Bonchev–Trinajstić information content (AvgIpc) is 2.74. The summed E-state index contributed by atoms with van der Waals surface area (Å²) in [5.74, 6) is 0.515. The van der Waals surface area contributed by atoms with Gasteiger partial charge in [-0.1, -0.05) is 29.8 Å². The Hall–Kier alpha value is -2.14. The van der Waals surface area contributed by atoms with Gasteiger partial charge in [-0.3, -0.25) is 0 Å². The summed E-state index contributed by atoms with van der Waals surface area (Å²) in [5.41, 5.74) is 7.03. The zero-order valence-corrected chi connectivity index (χ0v) is 9.35. The predicted octanol–water partition coefficient (Wildman–Crippen LogP) is 2.52. The molecule has 2 heterocycles. The maximum Gasteiger partial charge on any atom is 0.253 e. The highest BCUT2D eigenvalue weighted by molar-refractivity contribution is 6.33. The first-order chi connectivity index (χ1) is 8.24. The van der Waals surface area contributed by atoms with Gasteiger partial charge in [-0.25, -0.2) is 4.98 Å². The lowest BCUT2D eigenvalue weighted by Crippen LogP contribution is -1.94. The maximum atomic E-state index is 5.91. The van der Waals surface area contributed by atoms with Crippen LogP contribution in [0.4, 0.5) is 5.95 Å². The molecule has 3 rings (SSSR count). The van der Waals surface area contributed by atoms with E-state index in [1.165, 1.54) is 0 Å². The third-order valence-corrected chi connectivity index (χ3v) is 2.52. The van der Waals surface area contributed by atoms with Crippen LogP contribution < -0.4 is 5.73 Å². The predicted molar refractivity (Wildman–Crippen MR) is 64.5 cm³/mol. The van der Waals surface area contributed by atoms with E-state index in [0.717, 1.165) is 5.56 Å². The van der Waals surface area contributed by atoms with Crippen LogP contribution in [-0.4, -0.2) is 15.0 Å². The number of fused-ring (bicyclic) bond motifs is 1. The van der Waals surface area contributed by atoms with Crippen LogP contribution in [0.5, 0.6) is 0 Å². The van der Waals surface area contributed by atoms with E-state index < -0.39 is 0 Å². The summed E-state index contributed by atoms with van der Waals surface area (Å²) in [5, 5.41) is 0.193. The SMILES string of the molecule is Nc1nc(Cl)c2nc(-c3ccccc3)oc2n1. The molecule has 3 aromatic rings. The van der Waals surface area contributed by atoms with Crippen molar-refractivity contribution >= 4 is 28.8 Å². The van der Waals surface area contributed by atoms with Crippen LogP contribution in [0, 0.1) is 0 Å². The molecular formula is C11H7ClN4O. The van der Waals surface area contributed by atoms with Gasteiger partial charge >= 0.3 is 0 Å². The van der Waals surface area contributed by atoms with E-state index >= 15 is 0 Å². The molecule has 0 unspecified atom stereocenters. The Morgan fingerprint density at radius 1 is 1.06 bits per heavy atom. The lowest BCUT2D eigenvalue weighted by atomic mass is 10.2. The highest BCUT2D eigenvalue weighted by Crippen LogP contribution is 2.26. The third kappa shape index (κ3) is 1.70. The lowest BCUT2D eigenvalue weighted by Gasteiger charge is -1.91. The molecule has 17 heavy (non-hydrogen) atoms. The number of halogens is 1. The Labute approximate surface area is 101 Å². The first-order valence-corrected chi connectivity index (χ1v) is 5.27. The molecule has 0 aliphatic heterocycles. The minimum atomic E-state index is 0.0678. The van der Waals surface area contributed by atoms with Crippen molar-refractivity contribution in [3.8, 4) is 11.5 Å². The first kappa shape index (κ1) is 10.0. The average molecular weight is 247 g/mol. The highest BCUT2D eigenvalue weighted by atomic mass is 35.5. The fourth-order valence-electron chi connectivity index (χ4n) is 1.51. The molecule has 0 spiro atoms. The third-order valence-electron chi connectivity index (χ3n) is 2.25. The number of nitrogens with zero attached hydrogens (tertiary/aromatic N) is 3. The normalized spacial score (nSPS) is 10.9. The molecule has 0 aliphatic carbocycles. The summed E-state index contributed by atoms with van der Waals surface area (Å²) in [7, 11) is 0. The Morgan fingerprint density at radius 3 is 2.59 bits per heavy atom. The van der Waals surface area contributed by atoms with Gasteiger partial charge in [0.05, 0.1) is 0 Å². The van der Waals surface area contributed by atoms with Crippen LogP contribution in [-0.2, 0) is 0 Å². The second kappa shape index (κ2) is 3.71. The second-order valence-corrected chi connectivity index (χ2v) is 3.77. The van der Waals surface area contributed by atoms with E-state index in [2.05, 4.69) is 15.0 Å². The van der Waals surface area contributed by atoms with Crippen molar-refractivity contribution in [2.75, 3.05) is 5.73 Å². The summed E-state index contributed by atoms with van der Waals surface area (Å²) in [4.78, 5) is 12.0. The Balaban J connectivity index is 2.24. The largest absolute Gasteiger partial charge is 0.417 e. The number of nitrogen functional groups attached to an aromatic ring is 1. The molecule has 0 amide bonds. The van der Waals surface area contributed by atoms with E-state index in [4.69, 9.17) is 21.8 Å². The van der Waals surface area contributed by atoms with Crippen LogP contribution in [0.3, 0.4) is 0 Å². The van der Waals surface area contributed by atoms with Gasteiger partial charge in [0.1, 0.15) is 0 Å².